The Bertz CT molecular complexity index is 903. The molecular weight excluding hydrogens is 398 g/mol. The number of hydrogen-bond acceptors (Lipinski definition) is 3. The summed E-state index contributed by atoms with van der Waals surface area (Å²) < 4.78 is 0. The first-order valence-corrected chi connectivity index (χ1v) is 10.8. The van der Waals surface area contributed by atoms with Crippen molar-refractivity contribution in [3.8, 4) is 0 Å². The van der Waals surface area contributed by atoms with Crippen molar-refractivity contribution in [2.75, 3.05) is 27.2 Å². The van der Waals surface area contributed by atoms with Gasteiger partial charge in [0.15, 0.2) is 0 Å². The van der Waals surface area contributed by atoms with E-state index in [0.29, 0.717) is 18.0 Å². The molecule has 2 aliphatic rings. The highest BCUT2D eigenvalue weighted by Gasteiger charge is 2.48. The van der Waals surface area contributed by atoms with Gasteiger partial charge in [0, 0.05) is 31.7 Å². The zero-order chi connectivity index (χ0) is 20.4. The SMILES string of the molecule is CNCCN(C)C(=O)C1CC2CCCCC2N1C(=O)c1ccc2ccccc2c1.Cl. The fourth-order valence-corrected chi connectivity index (χ4v) is 5.09. The molecule has 1 heterocycles. The van der Waals surface area contributed by atoms with Gasteiger partial charge in [0.1, 0.15) is 6.04 Å². The van der Waals surface area contributed by atoms with E-state index in [9.17, 15) is 9.59 Å². The van der Waals surface area contributed by atoms with E-state index in [-0.39, 0.29) is 36.3 Å². The van der Waals surface area contributed by atoms with Gasteiger partial charge in [-0.05, 0) is 55.1 Å². The van der Waals surface area contributed by atoms with Crippen LogP contribution in [-0.4, -0.2) is 60.9 Å². The van der Waals surface area contributed by atoms with Crippen molar-refractivity contribution in [2.24, 2.45) is 5.92 Å². The van der Waals surface area contributed by atoms with Gasteiger partial charge in [-0.15, -0.1) is 12.4 Å². The number of amides is 2. The molecule has 1 saturated carbocycles. The van der Waals surface area contributed by atoms with E-state index < -0.39 is 0 Å². The minimum Gasteiger partial charge on any atom is -0.343 e. The van der Waals surface area contributed by atoms with Crippen molar-refractivity contribution in [3.05, 3.63) is 48.0 Å². The summed E-state index contributed by atoms with van der Waals surface area (Å²) in [6, 6.07) is 13.8. The maximum atomic E-state index is 13.6. The molecule has 5 nitrogen and oxygen atoms in total. The lowest BCUT2D eigenvalue weighted by atomic mass is 9.84. The third-order valence-corrected chi connectivity index (χ3v) is 6.68. The lowest BCUT2D eigenvalue weighted by molar-refractivity contribution is -0.134. The van der Waals surface area contributed by atoms with Gasteiger partial charge in [0.25, 0.3) is 5.91 Å². The molecular formula is C24H32ClN3O2. The summed E-state index contributed by atoms with van der Waals surface area (Å²) in [4.78, 5) is 30.6. The average molecular weight is 430 g/mol. The monoisotopic (exact) mass is 429 g/mol. The first-order valence-electron chi connectivity index (χ1n) is 10.8. The molecule has 0 spiro atoms. The van der Waals surface area contributed by atoms with Crippen LogP contribution in [0, 0.1) is 5.92 Å². The molecule has 1 saturated heterocycles. The molecule has 1 N–H and O–H groups in total. The number of halogens is 1. The number of likely N-dealkylation sites (tertiary alicyclic amines) is 1. The Balaban J connectivity index is 0.00000256. The highest BCUT2D eigenvalue weighted by Crippen LogP contribution is 2.41. The number of carbonyl (C=O) groups is 2. The minimum absolute atomic E-state index is 0. The van der Waals surface area contributed by atoms with Crippen LogP contribution in [0.5, 0.6) is 0 Å². The second-order valence-electron chi connectivity index (χ2n) is 8.50. The summed E-state index contributed by atoms with van der Waals surface area (Å²) in [6.07, 6.45) is 5.27. The lowest BCUT2D eigenvalue weighted by Crippen LogP contribution is -2.50. The molecule has 3 atom stereocenters. The number of likely N-dealkylation sites (N-methyl/N-ethyl adjacent to an activating group) is 2. The molecule has 2 fully saturated rings. The second-order valence-corrected chi connectivity index (χ2v) is 8.50. The van der Waals surface area contributed by atoms with E-state index in [1.807, 2.05) is 55.4 Å². The fourth-order valence-electron chi connectivity index (χ4n) is 5.09. The van der Waals surface area contributed by atoms with Gasteiger partial charge >= 0.3 is 0 Å². The molecule has 0 bridgehead atoms. The molecule has 30 heavy (non-hydrogen) atoms. The normalized spacial score (nSPS) is 23.0. The maximum Gasteiger partial charge on any atom is 0.254 e. The molecule has 1 aliphatic carbocycles. The average Bonchev–Trinajstić information content (AvgIpc) is 3.15. The highest BCUT2D eigenvalue weighted by molar-refractivity contribution is 6.01. The van der Waals surface area contributed by atoms with Crippen molar-refractivity contribution < 1.29 is 9.59 Å². The Kier molecular flexibility index (Phi) is 7.37. The number of fused-ring (bicyclic) bond motifs is 2. The third-order valence-electron chi connectivity index (χ3n) is 6.68. The highest BCUT2D eigenvalue weighted by atomic mass is 35.5. The standard InChI is InChI=1S/C24H31N3O2.ClH/c1-25-13-14-26(2)24(29)22-16-19-9-5-6-10-21(19)27(22)23(28)20-12-11-17-7-3-4-8-18(17)15-20;/h3-4,7-8,11-12,15,19,21-22,25H,5-6,9-10,13-14,16H2,1-2H3;1H. The molecule has 0 aromatic heterocycles. The molecule has 6 heteroatoms. The number of rotatable bonds is 5. The molecule has 1 aliphatic heterocycles. The van der Waals surface area contributed by atoms with Crippen LogP contribution in [0.4, 0.5) is 0 Å². The maximum absolute atomic E-state index is 13.6. The van der Waals surface area contributed by atoms with Gasteiger partial charge in [0.2, 0.25) is 5.91 Å². The second kappa shape index (κ2) is 9.80. The number of carbonyl (C=O) groups excluding carboxylic acids is 2. The summed E-state index contributed by atoms with van der Waals surface area (Å²) in [5.74, 6) is 0.522. The van der Waals surface area contributed by atoms with Crippen molar-refractivity contribution in [1.29, 1.82) is 0 Å². The van der Waals surface area contributed by atoms with Crippen LogP contribution in [0.3, 0.4) is 0 Å². The zero-order valence-corrected chi connectivity index (χ0v) is 18.7. The first kappa shape index (κ1) is 22.6. The number of benzene rings is 2. The van der Waals surface area contributed by atoms with E-state index >= 15 is 0 Å². The van der Waals surface area contributed by atoms with Crippen molar-refractivity contribution in [2.45, 2.75) is 44.2 Å². The Morgan fingerprint density at radius 1 is 1.10 bits per heavy atom. The van der Waals surface area contributed by atoms with Crippen LogP contribution in [-0.2, 0) is 4.79 Å². The van der Waals surface area contributed by atoms with E-state index in [4.69, 9.17) is 0 Å². The molecule has 0 radical (unpaired) electrons. The Morgan fingerprint density at radius 3 is 2.60 bits per heavy atom. The van der Waals surface area contributed by atoms with Crippen LogP contribution in [0.1, 0.15) is 42.5 Å². The van der Waals surface area contributed by atoms with Gasteiger partial charge in [-0.3, -0.25) is 9.59 Å². The summed E-state index contributed by atoms with van der Waals surface area (Å²) in [6.45, 7) is 1.40. The molecule has 3 unspecified atom stereocenters. The van der Waals surface area contributed by atoms with Crippen molar-refractivity contribution in [3.63, 3.8) is 0 Å². The Morgan fingerprint density at radius 2 is 1.83 bits per heavy atom. The van der Waals surface area contributed by atoms with Gasteiger partial charge < -0.3 is 15.1 Å². The van der Waals surface area contributed by atoms with Crippen molar-refractivity contribution >= 4 is 35.0 Å². The van der Waals surface area contributed by atoms with Crippen LogP contribution < -0.4 is 5.32 Å². The van der Waals surface area contributed by atoms with Gasteiger partial charge in [0.05, 0.1) is 0 Å². The summed E-state index contributed by atoms with van der Waals surface area (Å²) in [5, 5.41) is 5.28. The predicted molar refractivity (Wildman–Crippen MR) is 123 cm³/mol. The zero-order valence-electron chi connectivity index (χ0n) is 17.8. The number of nitrogens with one attached hydrogen (secondary N) is 1. The molecule has 4 rings (SSSR count). The largest absolute Gasteiger partial charge is 0.343 e. The molecule has 2 aromatic carbocycles. The summed E-state index contributed by atoms with van der Waals surface area (Å²) in [7, 11) is 3.73. The van der Waals surface area contributed by atoms with E-state index in [2.05, 4.69) is 11.4 Å². The molecule has 2 amide bonds. The summed E-state index contributed by atoms with van der Waals surface area (Å²) in [5.41, 5.74) is 0.686. The topological polar surface area (TPSA) is 52.7 Å². The van der Waals surface area contributed by atoms with Crippen LogP contribution >= 0.6 is 12.4 Å². The quantitative estimate of drug-likeness (QED) is 0.788. The molecule has 162 valence electrons. The van der Waals surface area contributed by atoms with E-state index in [0.717, 1.165) is 43.0 Å². The molecule has 2 aromatic rings. The number of nitrogens with zero attached hydrogens (tertiary/aromatic N) is 2. The first-order chi connectivity index (χ1) is 14.1. The Hall–Kier alpha value is -2.11. The van der Waals surface area contributed by atoms with Crippen LogP contribution in [0.25, 0.3) is 10.8 Å². The lowest BCUT2D eigenvalue weighted by Gasteiger charge is -2.34. The van der Waals surface area contributed by atoms with Gasteiger partial charge in [-0.1, -0.05) is 43.2 Å². The summed E-state index contributed by atoms with van der Waals surface area (Å²) >= 11 is 0. The van der Waals surface area contributed by atoms with E-state index in [1.165, 1.54) is 6.42 Å². The van der Waals surface area contributed by atoms with E-state index in [1.54, 1.807) is 4.90 Å². The van der Waals surface area contributed by atoms with Crippen LogP contribution in [0.2, 0.25) is 0 Å². The smallest absolute Gasteiger partial charge is 0.254 e. The third kappa shape index (κ3) is 4.33. The fraction of sp³-hybridized carbons (Fsp3) is 0.500. The van der Waals surface area contributed by atoms with Gasteiger partial charge in [-0.2, -0.15) is 0 Å². The minimum atomic E-state index is -0.344. The Labute approximate surface area is 185 Å². The number of hydrogen-bond donors (Lipinski definition) is 1. The van der Waals surface area contributed by atoms with Crippen molar-refractivity contribution in [1.82, 2.24) is 15.1 Å². The predicted octanol–water partition coefficient (Wildman–Crippen LogP) is 3.71. The van der Waals surface area contributed by atoms with Gasteiger partial charge in [-0.25, -0.2) is 0 Å². The van der Waals surface area contributed by atoms with Crippen LogP contribution in [0.15, 0.2) is 42.5 Å².